The third-order valence-electron chi connectivity index (χ3n) is 6.63. The van der Waals surface area contributed by atoms with Gasteiger partial charge in [0.2, 0.25) is 11.8 Å². The molecule has 1 heterocycles. The molecule has 4 aromatic rings. The van der Waals surface area contributed by atoms with E-state index in [1.165, 1.54) is 16.7 Å². The van der Waals surface area contributed by atoms with Crippen molar-refractivity contribution in [3.63, 3.8) is 0 Å². The van der Waals surface area contributed by atoms with E-state index in [4.69, 9.17) is 4.74 Å². The Balaban J connectivity index is 1.30. The number of para-hydroxylation sites is 1. The van der Waals surface area contributed by atoms with Gasteiger partial charge in [0.15, 0.2) is 0 Å². The Bertz CT molecular complexity index is 1710. The van der Waals surface area contributed by atoms with Crippen LogP contribution in [0.15, 0.2) is 118 Å². The van der Waals surface area contributed by atoms with Gasteiger partial charge in [-0.1, -0.05) is 52.3 Å². The molecule has 222 valence electrons. The zero-order valence-electron chi connectivity index (χ0n) is 23.7. The minimum Gasteiger partial charge on any atom is -0.493 e. The second-order valence-electron chi connectivity index (χ2n) is 9.68. The summed E-state index contributed by atoms with van der Waals surface area (Å²) in [5.41, 5.74) is 2.10. The highest BCUT2D eigenvalue weighted by atomic mass is 79.9. The smallest absolute Gasteiger partial charge is 0.272 e. The first-order valence-corrected chi connectivity index (χ1v) is 15.5. The summed E-state index contributed by atoms with van der Waals surface area (Å²) in [6, 6.07) is 29.9. The molecule has 0 radical (unpaired) electrons. The van der Waals surface area contributed by atoms with Crippen LogP contribution >= 0.6 is 27.7 Å². The van der Waals surface area contributed by atoms with Gasteiger partial charge in [-0.2, -0.15) is 0 Å². The molecular formula is C34H28BrN3O5S. The highest BCUT2D eigenvalue weighted by molar-refractivity contribution is 9.10. The summed E-state index contributed by atoms with van der Waals surface area (Å²) in [4.78, 5) is 54.1. The molecule has 1 atom stereocenters. The second kappa shape index (κ2) is 14.2. The molecule has 1 fully saturated rings. The van der Waals surface area contributed by atoms with Gasteiger partial charge in [0.25, 0.3) is 11.8 Å². The van der Waals surface area contributed by atoms with Crippen LogP contribution in [0.1, 0.15) is 29.3 Å². The van der Waals surface area contributed by atoms with Crippen molar-refractivity contribution in [2.75, 3.05) is 16.8 Å². The predicted molar refractivity (Wildman–Crippen MR) is 175 cm³/mol. The van der Waals surface area contributed by atoms with Crippen molar-refractivity contribution in [1.29, 1.82) is 0 Å². The van der Waals surface area contributed by atoms with Crippen molar-refractivity contribution in [2.24, 2.45) is 0 Å². The summed E-state index contributed by atoms with van der Waals surface area (Å²) in [7, 11) is 0. The molecule has 10 heteroatoms. The van der Waals surface area contributed by atoms with Gasteiger partial charge in [-0.05, 0) is 79.7 Å². The fourth-order valence-electron chi connectivity index (χ4n) is 4.52. The molecule has 0 bridgehead atoms. The van der Waals surface area contributed by atoms with E-state index in [0.717, 1.165) is 9.37 Å². The minimum atomic E-state index is -0.556. The number of rotatable bonds is 10. The SMILES string of the molecule is CCOc1ccccc1/C=C(\NC(=O)c1ccccc1)C(=O)Nc1ccc(SC2CC(=O)N(c3ccc(Br)cc3)C2=O)cc1. The van der Waals surface area contributed by atoms with Crippen molar-refractivity contribution in [3.05, 3.63) is 124 Å². The van der Waals surface area contributed by atoms with E-state index in [1.807, 2.05) is 19.1 Å². The maximum absolute atomic E-state index is 13.5. The largest absolute Gasteiger partial charge is 0.493 e. The Morgan fingerprint density at radius 2 is 1.61 bits per heavy atom. The van der Waals surface area contributed by atoms with Gasteiger partial charge >= 0.3 is 0 Å². The molecule has 5 rings (SSSR count). The molecular weight excluding hydrogens is 642 g/mol. The number of thioether (sulfide) groups is 1. The van der Waals surface area contributed by atoms with E-state index in [1.54, 1.807) is 97.1 Å². The molecule has 0 saturated carbocycles. The van der Waals surface area contributed by atoms with Crippen molar-refractivity contribution < 1.29 is 23.9 Å². The predicted octanol–water partition coefficient (Wildman–Crippen LogP) is 6.68. The van der Waals surface area contributed by atoms with Crippen molar-refractivity contribution in [3.8, 4) is 5.75 Å². The van der Waals surface area contributed by atoms with Crippen LogP contribution in [0.2, 0.25) is 0 Å². The number of ether oxygens (including phenoxy) is 1. The summed E-state index contributed by atoms with van der Waals surface area (Å²) in [6.07, 6.45) is 1.67. The zero-order valence-corrected chi connectivity index (χ0v) is 26.1. The molecule has 1 aliphatic rings. The monoisotopic (exact) mass is 669 g/mol. The third kappa shape index (κ3) is 7.45. The number of nitrogens with one attached hydrogen (secondary N) is 2. The summed E-state index contributed by atoms with van der Waals surface area (Å²) in [5, 5.41) is 5.01. The summed E-state index contributed by atoms with van der Waals surface area (Å²) >= 11 is 4.66. The van der Waals surface area contributed by atoms with Gasteiger partial charge in [-0.15, -0.1) is 11.8 Å². The summed E-state index contributed by atoms with van der Waals surface area (Å²) in [5.74, 6) is -0.893. The number of carbonyl (C=O) groups excluding carboxylic acids is 4. The lowest BCUT2D eigenvalue weighted by Crippen LogP contribution is -2.31. The summed E-state index contributed by atoms with van der Waals surface area (Å²) in [6.45, 7) is 2.31. The van der Waals surface area contributed by atoms with Gasteiger partial charge in [-0.3, -0.25) is 19.2 Å². The maximum Gasteiger partial charge on any atom is 0.272 e. The Hall–Kier alpha value is -4.67. The maximum atomic E-state index is 13.5. The molecule has 0 aromatic heterocycles. The number of amides is 4. The van der Waals surface area contributed by atoms with Crippen LogP contribution in [0.25, 0.3) is 6.08 Å². The van der Waals surface area contributed by atoms with E-state index >= 15 is 0 Å². The number of hydrogen-bond acceptors (Lipinski definition) is 6. The topological polar surface area (TPSA) is 105 Å². The van der Waals surface area contributed by atoms with Crippen LogP contribution in [-0.2, 0) is 14.4 Å². The standard InChI is InChI=1S/C34H28BrN3O5S/c1-2-43-29-11-7-6-10-23(29)20-28(37-32(40)22-8-4-3-5-9-22)33(41)36-25-14-18-27(19-15-25)44-30-21-31(39)38(34(30)42)26-16-12-24(35)13-17-26/h3-20,30H,2,21H2,1H3,(H,36,41)(H,37,40)/b28-20-. The summed E-state index contributed by atoms with van der Waals surface area (Å²) < 4.78 is 6.56. The molecule has 0 aliphatic carbocycles. The Kier molecular flexibility index (Phi) is 9.93. The van der Waals surface area contributed by atoms with Crippen molar-refractivity contribution in [2.45, 2.75) is 23.5 Å². The molecule has 4 amide bonds. The molecule has 1 unspecified atom stereocenters. The van der Waals surface area contributed by atoms with E-state index in [0.29, 0.717) is 34.9 Å². The van der Waals surface area contributed by atoms with E-state index in [9.17, 15) is 19.2 Å². The Labute approximate surface area is 267 Å². The van der Waals surface area contributed by atoms with Crippen LogP contribution in [0, 0.1) is 0 Å². The molecule has 1 saturated heterocycles. The van der Waals surface area contributed by atoms with Crippen LogP contribution in [0.4, 0.5) is 11.4 Å². The lowest BCUT2D eigenvalue weighted by Gasteiger charge is -2.15. The van der Waals surface area contributed by atoms with Gasteiger partial charge in [0.1, 0.15) is 11.4 Å². The average molecular weight is 671 g/mol. The van der Waals surface area contributed by atoms with Gasteiger partial charge in [0.05, 0.1) is 17.5 Å². The highest BCUT2D eigenvalue weighted by Crippen LogP contribution is 2.35. The Morgan fingerprint density at radius 3 is 2.32 bits per heavy atom. The van der Waals surface area contributed by atoms with Crippen molar-refractivity contribution in [1.82, 2.24) is 5.32 Å². The number of nitrogens with zero attached hydrogens (tertiary/aromatic N) is 1. The van der Waals surface area contributed by atoms with Crippen molar-refractivity contribution >= 4 is 68.8 Å². The van der Waals surface area contributed by atoms with Crippen LogP contribution in [0.3, 0.4) is 0 Å². The zero-order chi connectivity index (χ0) is 31.1. The molecule has 8 nitrogen and oxygen atoms in total. The van der Waals surface area contributed by atoms with Crippen LogP contribution in [-0.4, -0.2) is 35.5 Å². The number of anilines is 2. The highest BCUT2D eigenvalue weighted by Gasteiger charge is 2.40. The molecule has 44 heavy (non-hydrogen) atoms. The number of hydrogen-bond donors (Lipinski definition) is 2. The Morgan fingerprint density at radius 1 is 0.932 bits per heavy atom. The van der Waals surface area contributed by atoms with E-state index in [-0.39, 0.29) is 23.9 Å². The molecule has 4 aromatic carbocycles. The number of carbonyl (C=O) groups is 4. The van der Waals surface area contributed by atoms with Crippen LogP contribution in [0.5, 0.6) is 5.75 Å². The van der Waals surface area contributed by atoms with Gasteiger partial charge < -0.3 is 15.4 Å². The normalized spacial score (nSPS) is 14.8. The first-order valence-electron chi connectivity index (χ1n) is 13.8. The minimum absolute atomic E-state index is 0.0348. The lowest BCUT2D eigenvalue weighted by atomic mass is 10.1. The van der Waals surface area contributed by atoms with Crippen LogP contribution < -0.4 is 20.3 Å². The molecule has 0 spiro atoms. The number of imide groups is 1. The van der Waals surface area contributed by atoms with Gasteiger partial charge in [-0.25, -0.2) is 4.90 Å². The average Bonchev–Trinajstić information content (AvgIpc) is 3.31. The van der Waals surface area contributed by atoms with E-state index in [2.05, 4.69) is 26.6 Å². The lowest BCUT2D eigenvalue weighted by molar-refractivity contribution is -0.121. The van der Waals surface area contributed by atoms with E-state index < -0.39 is 17.1 Å². The quantitative estimate of drug-likeness (QED) is 0.144. The fraction of sp³-hybridized carbons (Fsp3) is 0.118. The second-order valence-corrected chi connectivity index (χ2v) is 11.9. The number of halogens is 1. The third-order valence-corrected chi connectivity index (χ3v) is 8.35. The first-order chi connectivity index (χ1) is 21.3. The molecule has 2 N–H and O–H groups in total. The fourth-order valence-corrected chi connectivity index (χ4v) is 5.84. The first kappa shape index (κ1) is 30.8. The van der Waals surface area contributed by atoms with Gasteiger partial charge in [0, 0.05) is 32.6 Å². The molecule has 1 aliphatic heterocycles. The number of benzene rings is 4.